The monoisotopic (exact) mass is 295 g/mol. The maximum Gasteiger partial charge on any atom is 0.150 e. The summed E-state index contributed by atoms with van der Waals surface area (Å²) in [6, 6.07) is 2.04. The van der Waals surface area contributed by atoms with E-state index in [-0.39, 0.29) is 6.61 Å². The van der Waals surface area contributed by atoms with Gasteiger partial charge in [0.15, 0.2) is 0 Å². The van der Waals surface area contributed by atoms with Crippen molar-refractivity contribution in [3.8, 4) is 11.8 Å². The Bertz CT molecular complexity index is 562. The van der Waals surface area contributed by atoms with E-state index in [1.54, 1.807) is 34.4 Å². The zero-order valence-electron chi connectivity index (χ0n) is 9.97. The number of hydrogen-bond donors (Lipinski definition) is 1. The van der Waals surface area contributed by atoms with Crippen molar-refractivity contribution in [1.29, 1.82) is 0 Å². The fourth-order valence-corrected chi connectivity index (χ4v) is 4.10. The minimum atomic E-state index is 0.125. The smallest absolute Gasteiger partial charge is 0.150 e. The van der Waals surface area contributed by atoms with E-state index in [1.165, 1.54) is 4.88 Å². The molecule has 94 valence electrons. The molecule has 0 aliphatic heterocycles. The second-order valence-corrected chi connectivity index (χ2v) is 6.66. The van der Waals surface area contributed by atoms with E-state index in [2.05, 4.69) is 27.6 Å². The van der Waals surface area contributed by atoms with Crippen molar-refractivity contribution >= 4 is 34.4 Å². The third-order valence-corrected chi connectivity index (χ3v) is 5.40. The number of nitrogens with zero attached hydrogens (tertiary/aromatic N) is 1. The normalized spacial score (nSPS) is 10.1. The first kappa shape index (κ1) is 13.6. The van der Waals surface area contributed by atoms with Gasteiger partial charge in [-0.2, -0.15) is 0 Å². The van der Waals surface area contributed by atoms with Gasteiger partial charge < -0.3 is 5.11 Å². The van der Waals surface area contributed by atoms with Gasteiger partial charge in [-0.15, -0.1) is 22.7 Å². The van der Waals surface area contributed by atoms with Crippen LogP contribution in [0.5, 0.6) is 0 Å². The molecule has 2 aromatic rings. The molecule has 0 fully saturated rings. The minimum Gasteiger partial charge on any atom is -0.395 e. The number of rotatable bonds is 4. The van der Waals surface area contributed by atoms with Crippen molar-refractivity contribution in [3.63, 3.8) is 0 Å². The summed E-state index contributed by atoms with van der Waals surface area (Å²) in [4.78, 5) is 5.71. The van der Waals surface area contributed by atoms with Crippen LogP contribution in [0.1, 0.15) is 22.6 Å². The number of thiophene rings is 1. The number of thioether (sulfide) groups is 1. The summed E-state index contributed by atoms with van der Waals surface area (Å²) in [5, 5.41) is 12.8. The van der Waals surface area contributed by atoms with Crippen LogP contribution in [0.4, 0.5) is 0 Å². The van der Waals surface area contributed by atoms with Crippen LogP contribution < -0.4 is 0 Å². The highest BCUT2D eigenvalue weighted by Gasteiger charge is 2.05. The molecule has 0 aromatic carbocycles. The lowest BCUT2D eigenvalue weighted by Crippen LogP contribution is -1.81. The highest BCUT2D eigenvalue weighted by Crippen LogP contribution is 2.29. The first-order valence-electron chi connectivity index (χ1n) is 5.50. The standard InChI is InChI=1S/C13H13NOS3/c1-10-8-17-13(14-10)18-9-12-11(5-7-16-12)4-2-3-6-15/h5,7-8,15H,3,6,9H2,1H3. The molecule has 0 radical (unpaired) electrons. The Balaban J connectivity index is 1.98. The molecule has 2 heterocycles. The number of aliphatic hydroxyl groups is 1. The molecule has 0 atom stereocenters. The molecule has 0 spiro atoms. The van der Waals surface area contributed by atoms with Gasteiger partial charge in [0, 0.05) is 33.7 Å². The van der Waals surface area contributed by atoms with E-state index in [1.807, 2.05) is 13.0 Å². The van der Waals surface area contributed by atoms with Gasteiger partial charge in [-0.3, -0.25) is 0 Å². The maximum atomic E-state index is 8.71. The van der Waals surface area contributed by atoms with Crippen LogP contribution in [0.15, 0.2) is 21.2 Å². The summed E-state index contributed by atoms with van der Waals surface area (Å²) in [5.74, 6) is 6.98. The Morgan fingerprint density at radius 2 is 2.33 bits per heavy atom. The third kappa shape index (κ3) is 3.85. The molecule has 2 rings (SSSR count). The van der Waals surface area contributed by atoms with E-state index in [9.17, 15) is 0 Å². The Morgan fingerprint density at radius 1 is 1.44 bits per heavy atom. The highest BCUT2D eigenvalue weighted by molar-refractivity contribution is 8.00. The minimum absolute atomic E-state index is 0.125. The zero-order chi connectivity index (χ0) is 12.8. The molecule has 0 bridgehead atoms. The lowest BCUT2D eigenvalue weighted by atomic mass is 10.2. The molecule has 18 heavy (non-hydrogen) atoms. The maximum absolute atomic E-state index is 8.71. The Hall–Kier alpha value is -0.800. The largest absolute Gasteiger partial charge is 0.395 e. The lowest BCUT2D eigenvalue weighted by Gasteiger charge is -1.96. The SMILES string of the molecule is Cc1csc(SCc2sccc2C#CCCO)n1. The highest BCUT2D eigenvalue weighted by atomic mass is 32.2. The first-order chi connectivity index (χ1) is 8.79. The van der Waals surface area contributed by atoms with Gasteiger partial charge in [0.2, 0.25) is 0 Å². The summed E-state index contributed by atoms with van der Waals surface area (Å²) in [6.45, 7) is 2.14. The van der Waals surface area contributed by atoms with Crippen LogP contribution in [0, 0.1) is 18.8 Å². The number of aliphatic hydroxyl groups excluding tert-OH is 1. The van der Waals surface area contributed by atoms with Crippen LogP contribution in [0.2, 0.25) is 0 Å². The molecule has 5 heteroatoms. The average molecular weight is 295 g/mol. The molecule has 0 saturated carbocycles. The quantitative estimate of drug-likeness (QED) is 0.692. The van der Waals surface area contributed by atoms with Crippen molar-refractivity contribution in [2.45, 2.75) is 23.4 Å². The van der Waals surface area contributed by atoms with Gasteiger partial charge in [0.25, 0.3) is 0 Å². The Morgan fingerprint density at radius 3 is 3.06 bits per heavy atom. The summed E-state index contributed by atoms with van der Waals surface area (Å²) in [6.07, 6.45) is 0.536. The van der Waals surface area contributed by atoms with Crippen molar-refractivity contribution in [1.82, 2.24) is 4.98 Å². The van der Waals surface area contributed by atoms with Crippen molar-refractivity contribution in [2.24, 2.45) is 0 Å². The van der Waals surface area contributed by atoms with Gasteiger partial charge >= 0.3 is 0 Å². The van der Waals surface area contributed by atoms with E-state index < -0.39 is 0 Å². The van der Waals surface area contributed by atoms with Crippen LogP contribution in [0.3, 0.4) is 0 Å². The third-order valence-electron chi connectivity index (χ3n) is 2.13. The van der Waals surface area contributed by atoms with Gasteiger partial charge in [-0.1, -0.05) is 23.6 Å². The molecule has 0 amide bonds. The molecule has 2 nitrogen and oxygen atoms in total. The Labute approximate surface area is 119 Å². The number of thiazole rings is 1. The van der Waals surface area contributed by atoms with Crippen LogP contribution >= 0.6 is 34.4 Å². The fourth-order valence-electron chi connectivity index (χ4n) is 1.30. The van der Waals surface area contributed by atoms with E-state index >= 15 is 0 Å². The van der Waals surface area contributed by atoms with Gasteiger partial charge in [-0.05, 0) is 18.4 Å². The molecule has 0 unspecified atom stereocenters. The van der Waals surface area contributed by atoms with Crippen molar-refractivity contribution in [2.75, 3.05) is 6.61 Å². The van der Waals surface area contributed by atoms with Crippen molar-refractivity contribution < 1.29 is 5.11 Å². The van der Waals surface area contributed by atoms with E-state index in [0.717, 1.165) is 21.3 Å². The second kappa shape index (κ2) is 6.95. The summed E-state index contributed by atoms with van der Waals surface area (Å²) >= 11 is 5.16. The molecular weight excluding hydrogens is 282 g/mol. The van der Waals surface area contributed by atoms with Crippen molar-refractivity contribution in [3.05, 3.63) is 33.0 Å². The van der Waals surface area contributed by atoms with Crippen LogP contribution in [0.25, 0.3) is 0 Å². The molecule has 0 aliphatic carbocycles. The Kier molecular flexibility index (Phi) is 5.26. The number of aryl methyl sites for hydroxylation is 1. The predicted octanol–water partition coefficient (Wildman–Crippen LogP) is 3.54. The van der Waals surface area contributed by atoms with E-state index in [0.29, 0.717) is 6.42 Å². The molecule has 0 saturated heterocycles. The fraction of sp³-hybridized carbons (Fsp3) is 0.308. The van der Waals surface area contributed by atoms with Gasteiger partial charge in [-0.25, -0.2) is 4.98 Å². The van der Waals surface area contributed by atoms with Crippen LogP contribution in [-0.4, -0.2) is 16.7 Å². The molecule has 0 aliphatic rings. The summed E-state index contributed by atoms with van der Waals surface area (Å²) in [5.41, 5.74) is 2.16. The summed E-state index contributed by atoms with van der Waals surface area (Å²) in [7, 11) is 0. The summed E-state index contributed by atoms with van der Waals surface area (Å²) < 4.78 is 1.11. The number of hydrogen-bond acceptors (Lipinski definition) is 5. The zero-order valence-corrected chi connectivity index (χ0v) is 12.4. The topological polar surface area (TPSA) is 33.1 Å². The molecule has 2 aromatic heterocycles. The van der Waals surface area contributed by atoms with E-state index in [4.69, 9.17) is 5.11 Å². The lowest BCUT2D eigenvalue weighted by molar-refractivity contribution is 0.305. The second-order valence-electron chi connectivity index (χ2n) is 3.58. The van der Waals surface area contributed by atoms with Gasteiger partial charge in [0.05, 0.1) is 6.61 Å². The average Bonchev–Trinajstić information content (AvgIpc) is 2.96. The molecule has 1 N–H and O–H groups in total. The first-order valence-corrected chi connectivity index (χ1v) is 8.25. The number of aromatic nitrogens is 1. The van der Waals surface area contributed by atoms with Crippen LogP contribution in [-0.2, 0) is 5.75 Å². The predicted molar refractivity (Wildman–Crippen MR) is 79.3 cm³/mol. The van der Waals surface area contributed by atoms with Gasteiger partial charge in [0.1, 0.15) is 4.34 Å². The molecular formula is C13H13NOS3.